The molecule has 0 amide bonds. The molecule has 2 aliphatic carbocycles. The summed E-state index contributed by atoms with van der Waals surface area (Å²) in [6.45, 7) is 2.26. The Labute approximate surface area is 131 Å². The van der Waals surface area contributed by atoms with Crippen molar-refractivity contribution in [2.24, 2.45) is 17.8 Å². The lowest BCUT2D eigenvalue weighted by Crippen LogP contribution is -2.25. The van der Waals surface area contributed by atoms with Crippen LogP contribution in [0.5, 0.6) is 0 Å². The molecular formula is C19H23NS. The van der Waals surface area contributed by atoms with Crippen molar-refractivity contribution in [2.45, 2.75) is 32.2 Å². The molecule has 3 unspecified atom stereocenters. The smallest absolute Gasteiger partial charge is 0.0300 e. The Kier molecular flexibility index (Phi) is 3.83. The first kappa shape index (κ1) is 13.5. The first-order valence-corrected chi connectivity index (χ1v) is 9.10. The quantitative estimate of drug-likeness (QED) is 0.824. The molecule has 0 radical (unpaired) electrons. The first-order chi connectivity index (χ1) is 10.4. The Hall–Kier alpha value is -1.12. The van der Waals surface area contributed by atoms with Crippen molar-refractivity contribution >= 4 is 11.3 Å². The van der Waals surface area contributed by atoms with Crippen LogP contribution in [0.15, 0.2) is 41.8 Å². The topological polar surface area (TPSA) is 12.0 Å². The molecule has 2 aliphatic rings. The van der Waals surface area contributed by atoms with Crippen molar-refractivity contribution in [3.8, 4) is 11.1 Å². The number of hydrogen-bond acceptors (Lipinski definition) is 2. The molecule has 1 N–H and O–H groups in total. The van der Waals surface area contributed by atoms with Gasteiger partial charge in [-0.2, -0.15) is 0 Å². The number of thiophene rings is 1. The van der Waals surface area contributed by atoms with Gasteiger partial charge < -0.3 is 5.32 Å². The zero-order valence-electron chi connectivity index (χ0n) is 12.4. The van der Waals surface area contributed by atoms with Gasteiger partial charge in [-0.15, -0.1) is 11.3 Å². The van der Waals surface area contributed by atoms with Gasteiger partial charge in [0.2, 0.25) is 0 Å². The van der Waals surface area contributed by atoms with Gasteiger partial charge in [-0.1, -0.05) is 36.8 Å². The van der Waals surface area contributed by atoms with Crippen molar-refractivity contribution < 1.29 is 0 Å². The minimum atomic E-state index is 0.956. The molecule has 2 bridgehead atoms. The number of benzene rings is 1. The molecule has 0 spiro atoms. The molecule has 2 fully saturated rings. The van der Waals surface area contributed by atoms with Gasteiger partial charge in [-0.25, -0.2) is 0 Å². The van der Waals surface area contributed by atoms with E-state index < -0.39 is 0 Å². The maximum absolute atomic E-state index is 3.70. The molecule has 21 heavy (non-hydrogen) atoms. The number of nitrogens with one attached hydrogen (secondary N) is 1. The summed E-state index contributed by atoms with van der Waals surface area (Å²) in [6.07, 6.45) is 6.00. The highest BCUT2D eigenvalue weighted by Gasteiger charge is 2.38. The average Bonchev–Trinajstić information content (AvgIpc) is 3.24. The summed E-state index contributed by atoms with van der Waals surface area (Å²) in [5, 5.41) is 5.99. The van der Waals surface area contributed by atoms with Crippen LogP contribution >= 0.6 is 11.3 Å². The van der Waals surface area contributed by atoms with Crippen molar-refractivity contribution in [2.75, 3.05) is 6.54 Å². The van der Waals surface area contributed by atoms with E-state index in [0.717, 1.165) is 24.3 Å². The lowest BCUT2D eigenvalue weighted by Gasteiger charge is -2.21. The van der Waals surface area contributed by atoms with E-state index in [1.165, 1.54) is 48.2 Å². The molecule has 4 rings (SSSR count). The van der Waals surface area contributed by atoms with Crippen LogP contribution < -0.4 is 5.32 Å². The third kappa shape index (κ3) is 2.93. The van der Waals surface area contributed by atoms with Crippen LogP contribution in [0.25, 0.3) is 11.1 Å². The fraction of sp³-hybridized carbons (Fsp3) is 0.474. The minimum absolute atomic E-state index is 0.956. The fourth-order valence-corrected chi connectivity index (χ4v) is 5.13. The molecule has 110 valence electrons. The second kappa shape index (κ2) is 5.94. The number of hydrogen-bond donors (Lipinski definition) is 1. The Balaban J connectivity index is 1.31. The van der Waals surface area contributed by atoms with E-state index in [9.17, 15) is 0 Å². The van der Waals surface area contributed by atoms with Gasteiger partial charge >= 0.3 is 0 Å². The second-order valence-electron chi connectivity index (χ2n) is 6.73. The lowest BCUT2D eigenvalue weighted by atomic mass is 9.89. The summed E-state index contributed by atoms with van der Waals surface area (Å²) >= 11 is 1.88. The molecule has 0 saturated heterocycles. The molecule has 0 aliphatic heterocycles. The monoisotopic (exact) mass is 297 g/mol. The van der Waals surface area contributed by atoms with Crippen LogP contribution in [-0.2, 0) is 6.54 Å². The van der Waals surface area contributed by atoms with Gasteiger partial charge in [-0.05, 0) is 66.1 Å². The average molecular weight is 297 g/mol. The van der Waals surface area contributed by atoms with E-state index in [4.69, 9.17) is 0 Å². The van der Waals surface area contributed by atoms with Crippen LogP contribution in [0.4, 0.5) is 0 Å². The molecule has 2 heteroatoms. The summed E-state index contributed by atoms with van der Waals surface area (Å²) in [7, 11) is 0. The van der Waals surface area contributed by atoms with Crippen LogP contribution in [0.3, 0.4) is 0 Å². The highest BCUT2D eigenvalue weighted by molar-refractivity contribution is 7.10. The predicted molar refractivity (Wildman–Crippen MR) is 90.4 cm³/mol. The molecule has 1 heterocycles. The van der Waals surface area contributed by atoms with Crippen molar-refractivity contribution in [1.29, 1.82) is 0 Å². The molecule has 2 saturated carbocycles. The van der Waals surface area contributed by atoms with E-state index in [0.29, 0.717) is 0 Å². The van der Waals surface area contributed by atoms with Crippen molar-refractivity contribution in [3.63, 3.8) is 0 Å². The molecule has 1 aromatic carbocycles. The van der Waals surface area contributed by atoms with Crippen LogP contribution in [-0.4, -0.2) is 6.54 Å². The van der Waals surface area contributed by atoms with Crippen molar-refractivity contribution in [1.82, 2.24) is 5.32 Å². The second-order valence-corrected chi connectivity index (χ2v) is 7.73. The largest absolute Gasteiger partial charge is 0.312 e. The SMILES string of the molecule is c1ccc(-c2csc(CNCC3CC4CCC3C4)c2)cc1. The van der Waals surface area contributed by atoms with Crippen molar-refractivity contribution in [3.05, 3.63) is 46.7 Å². The molecule has 2 aromatic rings. The van der Waals surface area contributed by atoms with Gasteiger partial charge in [0.25, 0.3) is 0 Å². The van der Waals surface area contributed by atoms with Crippen LogP contribution in [0.2, 0.25) is 0 Å². The maximum Gasteiger partial charge on any atom is 0.0300 e. The molecule has 3 atom stereocenters. The maximum atomic E-state index is 3.70. The Bertz CT molecular complexity index is 589. The Morgan fingerprint density at radius 3 is 2.71 bits per heavy atom. The minimum Gasteiger partial charge on any atom is -0.312 e. The predicted octanol–water partition coefficient (Wildman–Crippen LogP) is 4.94. The summed E-state index contributed by atoms with van der Waals surface area (Å²) in [5.41, 5.74) is 2.69. The Morgan fingerprint density at radius 2 is 1.95 bits per heavy atom. The zero-order chi connectivity index (χ0) is 14.1. The fourth-order valence-electron chi connectivity index (χ4n) is 4.26. The van der Waals surface area contributed by atoms with E-state index in [1.54, 1.807) is 0 Å². The summed E-state index contributed by atoms with van der Waals surface area (Å²) in [5.74, 6) is 3.05. The zero-order valence-corrected chi connectivity index (χ0v) is 13.2. The summed E-state index contributed by atoms with van der Waals surface area (Å²) < 4.78 is 0. The van der Waals surface area contributed by atoms with Gasteiger partial charge in [0.1, 0.15) is 0 Å². The normalized spacial score (nSPS) is 27.3. The highest BCUT2D eigenvalue weighted by atomic mass is 32.1. The highest BCUT2D eigenvalue weighted by Crippen LogP contribution is 2.47. The van der Waals surface area contributed by atoms with E-state index in [-0.39, 0.29) is 0 Å². The standard InChI is InChI=1S/C19H23NS/c1-2-4-15(5-3-1)18-10-19(21-13-18)12-20-11-17-9-14-6-7-16(17)8-14/h1-5,10,13-14,16-17,20H,6-9,11-12H2. The van der Waals surface area contributed by atoms with Gasteiger partial charge in [0.15, 0.2) is 0 Å². The number of fused-ring (bicyclic) bond motifs is 2. The lowest BCUT2D eigenvalue weighted by molar-refractivity contribution is 0.319. The van der Waals surface area contributed by atoms with E-state index in [2.05, 4.69) is 47.1 Å². The molecular weight excluding hydrogens is 274 g/mol. The molecule has 1 aromatic heterocycles. The van der Waals surface area contributed by atoms with E-state index >= 15 is 0 Å². The van der Waals surface area contributed by atoms with Gasteiger partial charge in [0.05, 0.1) is 0 Å². The Morgan fingerprint density at radius 1 is 1.05 bits per heavy atom. The van der Waals surface area contributed by atoms with Gasteiger partial charge in [-0.3, -0.25) is 0 Å². The van der Waals surface area contributed by atoms with Crippen LogP contribution in [0, 0.1) is 17.8 Å². The van der Waals surface area contributed by atoms with Crippen LogP contribution in [0.1, 0.15) is 30.6 Å². The van der Waals surface area contributed by atoms with Gasteiger partial charge in [0, 0.05) is 11.4 Å². The third-order valence-electron chi connectivity index (χ3n) is 5.35. The summed E-state index contributed by atoms with van der Waals surface area (Å²) in [6, 6.07) is 13.0. The van der Waals surface area contributed by atoms with E-state index in [1.807, 2.05) is 11.3 Å². The third-order valence-corrected chi connectivity index (χ3v) is 6.29. The first-order valence-electron chi connectivity index (χ1n) is 8.22. The number of rotatable bonds is 5. The molecule has 1 nitrogen and oxygen atoms in total. The summed E-state index contributed by atoms with van der Waals surface area (Å²) in [4.78, 5) is 1.46.